The first-order valence-electron chi connectivity index (χ1n) is 9.41. The standard InChI is InChI=1S/C21H29N3S/c1-6-23(7-2)16-10-11-18-19(13-16)25-20-14-17(24(8-3)9-4)12-15(5)21(20)22-18/h10-14,16H,6-9H2,1-5H3. The summed E-state index contributed by atoms with van der Waals surface area (Å²) in [7, 11) is 0. The highest BCUT2D eigenvalue weighted by molar-refractivity contribution is 8.04. The number of fused-ring (bicyclic) bond motifs is 2. The maximum atomic E-state index is 4.97. The van der Waals surface area contributed by atoms with E-state index in [1.165, 1.54) is 21.1 Å². The van der Waals surface area contributed by atoms with E-state index in [9.17, 15) is 0 Å². The van der Waals surface area contributed by atoms with E-state index in [1.54, 1.807) is 0 Å². The van der Waals surface area contributed by atoms with Crippen LogP contribution in [0.5, 0.6) is 0 Å². The van der Waals surface area contributed by atoms with Crippen LogP contribution in [0.25, 0.3) is 0 Å². The van der Waals surface area contributed by atoms with Crippen molar-refractivity contribution in [2.24, 2.45) is 4.99 Å². The molecule has 3 nitrogen and oxygen atoms in total. The molecule has 0 saturated heterocycles. The Kier molecular flexibility index (Phi) is 5.70. The lowest BCUT2D eigenvalue weighted by atomic mass is 10.1. The molecule has 1 atom stereocenters. The second-order valence-electron chi connectivity index (χ2n) is 6.48. The molecular formula is C21H29N3S. The number of anilines is 1. The number of rotatable bonds is 6. The third-order valence-corrected chi connectivity index (χ3v) is 6.19. The summed E-state index contributed by atoms with van der Waals surface area (Å²) < 4.78 is 0. The van der Waals surface area contributed by atoms with Gasteiger partial charge in [-0.2, -0.15) is 0 Å². The molecular weight excluding hydrogens is 326 g/mol. The largest absolute Gasteiger partial charge is 0.372 e. The van der Waals surface area contributed by atoms with Gasteiger partial charge in [0.15, 0.2) is 0 Å². The summed E-state index contributed by atoms with van der Waals surface area (Å²) in [5.74, 6) is 0. The van der Waals surface area contributed by atoms with Gasteiger partial charge in [-0.05, 0) is 63.7 Å². The lowest BCUT2D eigenvalue weighted by Gasteiger charge is -2.30. The minimum Gasteiger partial charge on any atom is -0.372 e. The molecule has 0 radical (unpaired) electrons. The summed E-state index contributed by atoms with van der Waals surface area (Å²) in [5, 5.41) is 0. The average molecular weight is 356 g/mol. The minimum absolute atomic E-state index is 0.380. The summed E-state index contributed by atoms with van der Waals surface area (Å²) in [5.41, 5.74) is 4.82. The van der Waals surface area contributed by atoms with E-state index in [2.05, 4.69) is 74.8 Å². The van der Waals surface area contributed by atoms with Crippen molar-refractivity contribution in [1.29, 1.82) is 0 Å². The van der Waals surface area contributed by atoms with Crippen molar-refractivity contribution in [1.82, 2.24) is 4.90 Å². The van der Waals surface area contributed by atoms with Crippen LogP contribution in [-0.4, -0.2) is 42.8 Å². The fourth-order valence-corrected chi connectivity index (χ4v) is 4.72. The molecule has 0 spiro atoms. The number of thioether (sulfide) groups is 1. The Morgan fingerprint density at radius 2 is 1.76 bits per heavy atom. The third kappa shape index (κ3) is 3.56. The Bertz CT molecular complexity index is 725. The van der Waals surface area contributed by atoms with E-state index in [0.29, 0.717) is 6.04 Å². The Labute approximate surface area is 156 Å². The number of hydrogen-bond donors (Lipinski definition) is 0. The Hall–Kier alpha value is -1.52. The van der Waals surface area contributed by atoms with Crippen molar-refractivity contribution in [3.8, 4) is 0 Å². The number of likely N-dealkylation sites (N-methyl/N-ethyl adjacent to an activating group) is 1. The molecule has 3 rings (SSSR count). The molecule has 0 aromatic heterocycles. The van der Waals surface area contributed by atoms with Crippen LogP contribution in [0.2, 0.25) is 0 Å². The molecule has 25 heavy (non-hydrogen) atoms. The first kappa shape index (κ1) is 18.3. The summed E-state index contributed by atoms with van der Waals surface area (Å²) in [6, 6.07) is 4.97. The van der Waals surface area contributed by atoms with Crippen LogP contribution in [-0.2, 0) is 0 Å². The van der Waals surface area contributed by atoms with Crippen molar-refractivity contribution in [3.05, 3.63) is 40.8 Å². The van der Waals surface area contributed by atoms with E-state index in [1.807, 2.05) is 11.8 Å². The summed E-state index contributed by atoms with van der Waals surface area (Å²) in [6.07, 6.45) is 6.85. The molecule has 1 aromatic rings. The van der Waals surface area contributed by atoms with Crippen LogP contribution >= 0.6 is 11.8 Å². The van der Waals surface area contributed by atoms with Crippen molar-refractivity contribution >= 4 is 28.8 Å². The normalized spacial score (nSPS) is 18.6. The molecule has 0 N–H and O–H groups in total. The number of aryl methyl sites for hydroxylation is 1. The van der Waals surface area contributed by atoms with Crippen molar-refractivity contribution < 1.29 is 0 Å². The van der Waals surface area contributed by atoms with Gasteiger partial charge in [0.05, 0.1) is 11.4 Å². The van der Waals surface area contributed by atoms with Gasteiger partial charge in [-0.3, -0.25) is 4.90 Å². The van der Waals surface area contributed by atoms with Gasteiger partial charge >= 0.3 is 0 Å². The van der Waals surface area contributed by atoms with Crippen molar-refractivity contribution in [2.75, 3.05) is 31.1 Å². The van der Waals surface area contributed by atoms with Crippen LogP contribution in [0.15, 0.2) is 45.2 Å². The molecule has 0 bridgehead atoms. The average Bonchev–Trinajstić information content (AvgIpc) is 2.62. The van der Waals surface area contributed by atoms with E-state index < -0.39 is 0 Å². The predicted octanol–water partition coefficient (Wildman–Crippen LogP) is 5.18. The van der Waals surface area contributed by atoms with E-state index in [4.69, 9.17) is 4.99 Å². The zero-order valence-corrected chi connectivity index (χ0v) is 16.9. The van der Waals surface area contributed by atoms with Crippen LogP contribution < -0.4 is 4.90 Å². The molecule has 2 aliphatic rings. The smallest absolute Gasteiger partial charge is 0.0807 e. The zero-order chi connectivity index (χ0) is 18.0. The number of aliphatic imine (C=N–C) groups is 1. The van der Waals surface area contributed by atoms with E-state index in [-0.39, 0.29) is 0 Å². The first-order chi connectivity index (χ1) is 12.1. The number of benzene rings is 1. The highest BCUT2D eigenvalue weighted by atomic mass is 32.2. The van der Waals surface area contributed by atoms with Gasteiger partial charge in [-0.15, -0.1) is 0 Å². The fraction of sp³-hybridized carbons (Fsp3) is 0.476. The molecule has 1 aromatic carbocycles. The fourth-order valence-electron chi connectivity index (χ4n) is 3.58. The molecule has 4 heteroatoms. The van der Waals surface area contributed by atoms with E-state index in [0.717, 1.165) is 37.6 Å². The second-order valence-corrected chi connectivity index (χ2v) is 7.57. The van der Waals surface area contributed by atoms with Gasteiger partial charge in [0.25, 0.3) is 0 Å². The number of hydrogen-bond acceptors (Lipinski definition) is 4. The highest BCUT2D eigenvalue weighted by Gasteiger charge is 2.24. The van der Waals surface area contributed by atoms with Gasteiger partial charge in [0.2, 0.25) is 0 Å². The van der Waals surface area contributed by atoms with Crippen molar-refractivity contribution in [3.63, 3.8) is 0 Å². The molecule has 0 saturated carbocycles. The molecule has 1 aliphatic carbocycles. The second kappa shape index (κ2) is 7.79. The number of nitrogens with zero attached hydrogens (tertiary/aromatic N) is 3. The molecule has 1 unspecified atom stereocenters. The maximum absolute atomic E-state index is 4.97. The van der Waals surface area contributed by atoms with Gasteiger partial charge in [0, 0.05) is 34.6 Å². The summed E-state index contributed by atoms with van der Waals surface area (Å²) >= 11 is 1.88. The predicted molar refractivity (Wildman–Crippen MR) is 112 cm³/mol. The lowest BCUT2D eigenvalue weighted by Crippen LogP contribution is -2.34. The summed E-state index contributed by atoms with van der Waals surface area (Å²) in [6.45, 7) is 15.2. The quantitative estimate of drug-likeness (QED) is 0.700. The zero-order valence-electron chi connectivity index (χ0n) is 16.0. The van der Waals surface area contributed by atoms with Gasteiger partial charge in [-0.1, -0.05) is 31.7 Å². The van der Waals surface area contributed by atoms with Crippen LogP contribution in [0.4, 0.5) is 11.4 Å². The van der Waals surface area contributed by atoms with Crippen LogP contribution in [0, 0.1) is 6.92 Å². The van der Waals surface area contributed by atoms with Gasteiger partial charge < -0.3 is 4.90 Å². The van der Waals surface area contributed by atoms with Gasteiger partial charge in [-0.25, -0.2) is 4.99 Å². The van der Waals surface area contributed by atoms with Crippen LogP contribution in [0.1, 0.15) is 33.3 Å². The molecule has 1 heterocycles. The molecule has 1 aliphatic heterocycles. The number of allylic oxidation sites excluding steroid dienone is 2. The topological polar surface area (TPSA) is 18.8 Å². The highest BCUT2D eigenvalue weighted by Crippen LogP contribution is 2.45. The lowest BCUT2D eigenvalue weighted by molar-refractivity contribution is 0.288. The first-order valence-corrected chi connectivity index (χ1v) is 10.2. The Balaban J connectivity index is 1.97. The molecule has 0 fully saturated rings. The summed E-state index contributed by atoms with van der Waals surface area (Å²) in [4.78, 5) is 12.4. The third-order valence-electron chi connectivity index (χ3n) is 5.09. The molecule has 134 valence electrons. The Morgan fingerprint density at radius 3 is 2.40 bits per heavy atom. The minimum atomic E-state index is 0.380. The van der Waals surface area contributed by atoms with Crippen molar-refractivity contribution in [2.45, 2.75) is 45.6 Å². The Morgan fingerprint density at radius 1 is 1.04 bits per heavy atom. The van der Waals surface area contributed by atoms with Crippen LogP contribution in [0.3, 0.4) is 0 Å². The van der Waals surface area contributed by atoms with E-state index >= 15 is 0 Å². The maximum Gasteiger partial charge on any atom is 0.0807 e. The molecule has 0 amide bonds. The SMILES string of the molecule is CCN(CC)c1cc(C)c2c(c1)SC1=CC(N(CC)CC)C=CC1=N2. The van der Waals surface area contributed by atoms with Gasteiger partial charge in [0.1, 0.15) is 0 Å². The monoisotopic (exact) mass is 355 g/mol.